The zero-order valence-electron chi connectivity index (χ0n) is 23.3. The van der Waals surface area contributed by atoms with E-state index in [1.165, 1.54) is 0 Å². The smallest absolute Gasteiger partial charge is 0.408 e. The Bertz CT molecular complexity index is 845. The second-order valence-corrected chi connectivity index (χ2v) is 10.6. The average molecular weight is 490 g/mol. The molecule has 0 aliphatic rings. The number of carbonyl (C=O) groups is 3. The van der Waals surface area contributed by atoms with E-state index in [9.17, 15) is 14.4 Å². The van der Waals surface area contributed by atoms with Gasteiger partial charge in [-0.3, -0.25) is 9.59 Å². The van der Waals surface area contributed by atoms with Crippen LogP contribution in [-0.4, -0.2) is 47.5 Å². The van der Waals surface area contributed by atoms with E-state index in [2.05, 4.69) is 17.6 Å². The highest BCUT2D eigenvalue weighted by Gasteiger charge is 2.37. The van der Waals surface area contributed by atoms with Gasteiger partial charge < -0.3 is 20.3 Å². The number of rotatable bonds is 12. The third kappa shape index (κ3) is 9.90. The molecule has 35 heavy (non-hydrogen) atoms. The summed E-state index contributed by atoms with van der Waals surface area (Å²) in [5.74, 6) is -0.679. The van der Waals surface area contributed by atoms with Gasteiger partial charge in [0.15, 0.2) is 0 Å². The number of hydrogen-bond donors (Lipinski definition) is 2. The van der Waals surface area contributed by atoms with E-state index < -0.39 is 23.8 Å². The predicted molar refractivity (Wildman–Crippen MR) is 141 cm³/mol. The van der Waals surface area contributed by atoms with E-state index in [0.29, 0.717) is 13.1 Å². The molecule has 198 valence electrons. The van der Waals surface area contributed by atoms with Gasteiger partial charge in [-0.05, 0) is 70.1 Å². The molecule has 2 N–H and O–H groups in total. The fourth-order valence-corrected chi connectivity index (χ4v) is 3.71. The van der Waals surface area contributed by atoms with E-state index in [1.54, 1.807) is 25.7 Å². The van der Waals surface area contributed by atoms with Gasteiger partial charge in [-0.2, -0.15) is 0 Å². The number of alkyl carbamates (subject to hydrolysis) is 1. The fourth-order valence-electron chi connectivity index (χ4n) is 3.71. The Morgan fingerprint density at radius 1 is 1.00 bits per heavy atom. The van der Waals surface area contributed by atoms with Gasteiger partial charge in [0.2, 0.25) is 11.8 Å². The predicted octanol–water partition coefficient (Wildman–Crippen LogP) is 5.44. The molecule has 2 unspecified atom stereocenters. The average Bonchev–Trinajstić information content (AvgIpc) is 2.75. The van der Waals surface area contributed by atoms with Gasteiger partial charge in [0.05, 0.1) is 0 Å². The van der Waals surface area contributed by atoms with Crippen LogP contribution in [0.1, 0.15) is 96.9 Å². The molecule has 7 nitrogen and oxygen atoms in total. The van der Waals surface area contributed by atoms with E-state index in [1.807, 2.05) is 52.8 Å². The number of amides is 3. The van der Waals surface area contributed by atoms with Crippen molar-refractivity contribution in [2.45, 2.75) is 106 Å². The molecule has 1 rings (SSSR count). The minimum absolute atomic E-state index is 0.192. The van der Waals surface area contributed by atoms with Crippen LogP contribution in [0.5, 0.6) is 0 Å². The first-order valence-electron chi connectivity index (χ1n) is 13.0. The standard InChI is InChI=1S/C28H47N3O4/c1-10-12-16-29-25(32)24(22-15-14-20(5)21(6)18-22)31(17-13-11-2)26(33)23(19(3)4)30-27(34)35-28(7,8)9/h14-15,18-19,23-24H,10-13,16-17H2,1-9H3,(H,29,32)(H,30,34). The molecule has 0 spiro atoms. The highest BCUT2D eigenvalue weighted by molar-refractivity contribution is 5.92. The quantitative estimate of drug-likeness (QED) is 0.383. The lowest BCUT2D eigenvalue weighted by Crippen LogP contribution is -2.55. The molecule has 2 atom stereocenters. The van der Waals surface area contributed by atoms with E-state index in [0.717, 1.165) is 42.4 Å². The number of aryl methyl sites for hydroxylation is 2. The van der Waals surface area contributed by atoms with E-state index >= 15 is 0 Å². The third-order valence-corrected chi connectivity index (χ3v) is 5.88. The van der Waals surface area contributed by atoms with Gasteiger partial charge in [0, 0.05) is 13.1 Å². The SMILES string of the molecule is CCCCNC(=O)C(c1ccc(C)c(C)c1)N(CCCC)C(=O)C(NC(=O)OC(C)(C)C)C(C)C. The summed E-state index contributed by atoms with van der Waals surface area (Å²) in [7, 11) is 0. The zero-order valence-corrected chi connectivity index (χ0v) is 23.3. The molecule has 7 heteroatoms. The van der Waals surface area contributed by atoms with Crippen LogP contribution in [0.2, 0.25) is 0 Å². The van der Waals surface area contributed by atoms with Crippen LogP contribution >= 0.6 is 0 Å². The number of ether oxygens (including phenoxy) is 1. The van der Waals surface area contributed by atoms with E-state index in [4.69, 9.17) is 4.74 Å². The summed E-state index contributed by atoms with van der Waals surface area (Å²) in [5, 5.41) is 5.79. The largest absolute Gasteiger partial charge is 0.444 e. The van der Waals surface area contributed by atoms with Crippen molar-refractivity contribution in [1.82, 2.24) is 15.5 Å². The summed E-state index contributed by atoms with van der Waals surface area (Å²) in [4.78, 5) is 41.7. The monoisotopic (exact) mass is 489 g/mol. The van der Waals surface area contributed by atoms with Crippen LogP contribution in [-0.2, 0) is 14.3 Å². The minimum Gasteiger partial charge on any atom is -0.444 e. The highest BCUT2D eigenvalue weighted by atomic mass is 16.6. The number of nitrogens with one attached hydrogen (secondary N) is 2. The summed E-state index contributed by atoms with van der Waals surface area (Å²) in [6.07, 6.45) is 2.79. The first kappa shape index (κ1) is 30.5. The summed E-state index contributed by atoms with van der Waals surface area (Å²) < 4.78 is 5.42. The zero-order chi connectivity index (χ0) is 26.8. The lowest BCUT2D eigenvalue weighted by atomic mass is 9.96. The van der Waals surface area contributed by atoms with Crippen LogP contribution < -0.4 is 10.6 Å². The van der Waals surface area contributed by atoms with E-state index in [-0.39, 0.29) is 17.7 Å². The molecule has 3 amide bonds. The number of hydrogen-bond acceptors (Lipinski definition) is 4. The van der Waals surface area contributed by atoms with Gasteiger partial charge in [-0.25, -0.2) is 4.79 Å². The molecule has 1 aromatic carbocycles. The molecule has 0 radical (unpaired) electrons. The van der Waals surface area contributed by atoms with Crippen LogP contribution in [0.25, 0.3) is 0 Å². The van der Waals surface area contributed by atoms with Gasteiger partial charge in [0.25, 0.3) is 0 Å². The Morgan fingerprint density at radius 2 is 1.63 bits per heavy atom. The highest BCUT2D eigenvalue weighted by Crippen LogP contribution is 2.26. The second kappa shape index (κ2) is 14.1. The Kier molecular flexibility index (Phi) is 12.3. The molecule has 0 aliphatic carbocycles. The van der Waals surface area contributed by atoms with Crippen LogP contribution in [0.3, 0.4) is 0 Å². The second-order valence-electron chi connectivity index (χ2n) is 10.6. The minimum atomic E-state index is -0.820. The summed E-state index contributed by atoms with van der Waals surface area (Å²) in [5.41, 5.74) is 2.27. The van der Waals surface area contributed by atoms with Crippen LogP contribution in [0.4, 0.5) is 4.79 Å². The Balaban J connectivity index is 3.44. The molecule has 0 bridgehead atoms. The van der Waals surface area contributed by atoms with Crippen molar-refractivity contribution in [2.75, 3.05) is 13.1 Å². The number of nitrogens with zero attached hydrogens (tertiary/aromatic N) is 1. The Labute approximate surface area is 212 Å². The maximum atomic E-state index is 14.0. The molecular weight excluding hydrogens is 442 g/mol. The summed E-state index contributed by atoms with van der Waals surface area (Å²) in [6, 6.07) is 4.28. The van der Waals surface area contributed by atoms with Gasteiger partial charge in [-0.1, -0.05) is 58.7 Å². The normalized spacial score (nSPS) is 13.2. The molecule has 0 saturated carbocycles. The van der Waals surface area contributed by atoms with Crippen molar-refractivity contribution < 1.29 is 19.1 Å². The lowest BCUT2D eigenvalue weighted by Gasteiger charge is -2.35. The maximum absolute atomic E-state index is 14.0. The van der Waals surface area contributed by atoms with Crippen molar-refractivity contribution in [3.05, 3.63) is 34.9 Å². The van der Waals surface area contributed by atoms with Crippen LogP contribution in [0.15, 0.2) is 18.2 Å². The van der Waals surface area contributed by atoms with Gasteiger partial charge in [-0.15, -0.1) is 0 Å². The molecule has 0 saturated heterocycles. The Hall–Kier alpha value is -2.57. The molecule has 0 aromatic heterocycles. The first-order valence-corrected chi connectivity index (χ1v) is 13.0. The number of carbonyl (C=O) groups excluding carboxylic acids is 3. The third-order valence-electron chi connectivity index (χ3n) is 5.88. The number of unbranched alkanes of at least 4 members (excludes halogenated alkanes) is 2. The molecule has 0 aliphatic heterocycles. The van der Waals surface area contributed by atoms with Gasteiger partial charge in [0.1, 0.15) is 17.7 Å². The van der Waals surface area contributed by atoms with Crippen molar-refractivity contribution >= 4 is 17.9 Å². The first-order chi connectivity index (χ1) is 16.3. The fraction of sp³-hybridized carbons (Fsp3) is 0.679. The lowest BCUT2D eigenvalue weighted by molar-refractivity contribution is -0.143. The van der Waals surface area contributed by atoms with Crippen molar-refractivity contribution in [3.63, 3.8) is 0 Å². The summed E-state index contributed by atoms with van der Waals surface area (Å²) >= 11 is 0. The van der Waals surface area contributed by atoms with Gasteiger partial charge >= 0.3 is 6.09 Å². The molecule has 1 aromatic rings. The topological polar surface area (TPSA) is 87.7 Å². The number of benzene rings is 1. The maximum Gasteiger partial charge on any atom is 0.408 e. The summed E-state index contributed by atoms with van der Waals surface area (Å²) in [6.45, 7) is 18.2. The molecule has 0 fully saturated rings. The van der Waals surface area contributed by atoms with Crippen molar-refractivity contribution in [1.29, 1.82) is 0 Å². The molecular formula is C28H47N3O4. The van der Waals surface area contributed by atoms with Crippen LogP contribution in [0, 0.1) is 19.8 Å². The Morgan fingerprint density at radius 3 is 2.14 bits per heavy atom. The van der Waals surface area contributed by atoms with Crippen molar-refractivity contribution in [2.24, 2.45) is 5.92 Å². The van der Waals surface area contributed by atoms with Crippen molar-refractivity contribution in [3.8, 4) is 0 Å². The molecule has 0 heterocycles.